The van der Waals surface area contributed by atoms with Gasteiger partial charge < -0.3 is 9.15 Å². The van der Waals surface area contributed by atoms with Crippen LogP contribution in [0.4, 0.5) is 0 Å². The summed E-state index contributed by atoms with van der Waals surface area (Å²) in [5.41, 5.74) is 1.14. The molecule has 1 saturated carbocycles. The summed E-state index contributed by atoms with van der Waals surface area (Å²) in [7, 11) is 0. The number of oxazole rings is 1. The Bertz CT molecular complexity index is 709. The summed E-state index contributed by atoms with van der Waals surface area (Å²) >= 11 is 0. The minimum Gasteiger partial charge on any atom is -0.461 e. The van der Waals surface area contributed by atoms with Gasteiger partial charge in [0.15, 0.2) is 5.58 Å². The van der Waals surface area contributed by atoms with Crippen molar-refractivity contribution in [3.63, 3.8) is 0 Å². The highest BCUT2D eigenvalue weighted by atomic mass is 16.5. The number of nitrogens with zero attached hydrogens (tertiary/aromatic N) is 1. The number of benzene rings is 1. The maximum Gasteiger partial charge on any atom is 0.420 e. The van der Waals surface area contributed by atoms with Gasteiger partial charge in [-0.3, -0.25) is 4.57 Å². The molecule has 3 rings (SSSR count). The van der Waals surface area contributed by atoms with Crippen LogP contribution >= 0.6 is 0 Å². The molecule has 22 heavy (non-hydrogen) atoms. The van der Waals surface area contributed by atoms with Crippen molar-refractivity contribution < 1.29 is 13.9 Å². The zero-order valence-corrected chi connectivity index (χ0v) is 12.8. The Morgan fingerprint density at radius 1 is 1.32 bits per heavy atom. The first-order valence-corrected chi connectivity index (χ1v) is 8.01. The van der Waals surface area contributed by atoms with Gasteiger partial charge in [-0.15, -0.1) is 0 Å². The SMILES string of the molecule is CCC(C(=O)OC1CCCCC1)n1c(=O)oc2ccccc21. The summed E-state index contributed by atoms with van der Waals surface area (Å²) in [6, 6.07) is 6.52. The van der Waals surface area contributed by atoms with E-state index < -0.39 is 11.8 Å². The van der Waals surface area contributed by atoms with E-state index in [1.165, 1.54) is 11.0 Å². The van der Waals surface area contributed by atoms with Crippen LogP contribution in [0.3, 0.4) is 0 Å². The minimum absolute atomic E-state index is 0.0100. The number of ether oxygens (including phenoxy) is 1. The third-order valence-corrected chi connectivity index (χ3v) is 4.32. The Kier molecular flexibility index (Phi) is 4.32. The lowest BCUT2D eigenvalue weighted by atomic mass is 9.98. The van der Waals surface area contributed by atoms with Gasteiger partial charge >= 0.3 is 11.7 Å². The average Bonchev–Trinajstić information content (AvgIpc) is 2.86. The van der Waals surface area contributed by atoms with Gasteiger partial charge in [-0.25, -0.2) is 9.59 Å². The Balaban J connectivity index is 1.87. The molecule has 5 nitrogen and oxygen atoms in total. The van der Waals surface area contributed by atoms with E-state index in [-0.39, 0.29) is 12.1 Å². The quantitative estimate of drug-likeness (QED) is 0.812. The second-order valence-electron chi connectivity index (χ2n) is 5.83. The van der Waals surface area contributed by atoms with Crippen LogP contribution in [0, 0.1) is 0 Å². The largest absolute Gasteiger partial charge is 0.461 e. The van der Waals surface area contributed by atoms with Crippen LogP contribution < -0.4 is 5.76 Å². The number of para-hydroxylation sites is 2. The van der Waals surface area contributed by atoms with Crippen LogP contribution in [0.5, 0.6) is 0 Å². The smallest absolute Gasteiger partial charge is 0.420 e. The number of hydrogen-bond acceptors (Lipinski definition) is 4. The van der Waals surface area contributed by atoms with Gasteiger partial charge in [0, 0.05) is 0 Å². The zero-order chi connectivity index (χ0) is 15.5. The molecule has 118 valence electrons. The Labute approximate surface area is 128 Å². The number of carbonyl (C=O) groups excluding carboxylic acids is 1. The lowest BCUT2D eigenvalue weighted by Crippen LogP contribution is -2.31. The van der Waals surface area contributed by atoms with Crippen molar-refractivity contribution in [2.24, 2.45) is 0 Å². The second-order valence-corrected chi connectivity index (χ2v) is 5.83. The van der Waals surface area contributed by atoms with E-state index in [1.54, 1.807) is 18.2 Å². The van der Waals surface area contributed by atoms with E-state index in [4.69, 9.17) is 9.15 Å². The minimum atomic E-state index is -0.627. The number of esters is 1. The maximum absolute atomic E-state index is 12.5. The van der Waals surface area contributed by atoms with Crippen LogP contribution in [-0.4, -0.2) is 16.6 Å². The summed E-state index contributed by atoms with van der Waals surface area (Å²) in [4.78, 5) is 24.6. The summed E-state index contributed by atoms with van der Waals surface area (Å²) in [6.07, 6.45) is 5.73. The molecule has 1 unspecified atom stereocenters. The van der Waals surface area contributed by atoms with Crippen molar-refractivity contribution in [3.8, 4) is 0 Å². The molecule has 0 N–H and O–H groups in total. The molecule has 2 aromatic rings. The first-order valence-electron chi connectivity index (χ1n) is 8.01. The van der Waals surface area contributed by atoms with Crippen LogP contribution in [0.15, 0.2) is 33.5 Å². The van der Waals surface area contributed by atoms with Crippen molar-refractivity contribution in [2.45, 2.75) is 57.6 Å². The molecular formula is C17H21NO4. The molecule has 0 radical (unpaired) electrons. The first kappa shape index (κ1) is 14.9. The number of aromatic nitrogens is 1. The van der Waals surface area contributed by atoms with E-state index in [1.807, 2.05) is 13.0 Å². The summed E-state index contributed by atoms with van der Waals surface area (Å²) < 4.78 is 12.3. The van der Waals surface area contributed by atoms with Gasteiger partial charge in [-0.2, -0.15) is 0 Å². The zero-order valence-electron chi connectivity index (χ0n) is 12.8. The molecule has 0 aliphatic heterocycles. The van der Waals surface area contributed by atoms with Gasteiger partial charge in [-0.1, -0.05) is 25.5 Å². The fraction of sp³-hybridized carbons (Fsp3) is 0.529. The predicted octanol–water partition coefficient (Wildman–Crippen LogP) is 3.42. The molecule has 0 bridgehead atoms. The van der Waals surface area contributed by atoms with Crippen molar-refractivity contribution >= 4 is 17.1 Å². The molecule has 0 saturated heterocycles. The second kappa shape index (κ2) is 6.38. The Morgan fingerprint density at radius 3 is 2.77 bits per heavy atom. The lowest BCUT2D eigenvalue weighted by Gasteiger charge is -2.24. The van der Waals surface area contributed by atoms with Crippen molar-refractivity contribution in [2.75, 3.05) is 0 Å². The molecular weight excluding hydrogens is 282 g/mol. The van der Waals surface area contributed by atoms with Crippen LogP contribution in [0.2, 0.25) is 0 Å². The summed E-state index contributed by atoms with van der Waals surface area (Å²) in [5, 5.41) is 0. The van der Waals surface area contributed by atoms with E-state index in [0.717, 1.165) is 25.7 Å². The monoisotopic (exact) mass is 303 g/mol. The van der Waals surface area contributed by atoms with Crippen LogP contribution in [0.25, 0.3) is 11.1 Å². The van der Waals surface area contributed by atoms with Crippen molar-refractivity contribution in [1.29, 1.82) is 0 Å². The number of carbonyl (C=O) groups is 1. The molecule has 1 heterocycles. The molecule has 1 atom stereocenters. The molecule has 1 aliphatic carbocycles. The topological polar surface area (TPSA) is 61.4 Å². The molecule has 1 aromatic carbocycles. The number of fused-ring (bicyclic) bond motifs is 1. The number of rotatable bonds is 4. The normalized spacial score (nSPS) is 17.5. The molecule has 1 aliphatic rings. The van der Waals surface area contributed by atoms with Gasteiger partial charge in [0.05, 0.1) is 5.52 Å². The highest BCUT2D eigenvalue weighted by Gasteiger charge is 2.28. The standard InChI is InChI=1S/C17H21NO4/c1-2-13(16(19)21-12-8-4-3-5-9-12)18-14-10-6-7-11-15(14)22-17(18)20/h6-7,10-13H,2-5,8-9H2,1H3. The van der Waals surface area contributed by atoms with Crippen molar-refractivity contribution in [3.05, 3.63) is 34.8 Å². The molecule has 1 fully saturated rings. The molecule has 1 aromatic heterocycles. The van der Waals surface area contributed by atoms with Gasteiger partial charge in [0.2, 0.25) is 0 Å². The van der Waals surface area contributed by atoms with Gasteiger partial charge in [0.25, 0.3) is 0 Å². The lowest BCUT2D eigenvalue weighted by molar-refractivity contribution is -0.154. The predicted molar refractivity (Wildman–Crippen MR) is 82.8 cm³/mol. The van der Waals surface area contributed by atoms with E-state index in [9.17, 15) is 9.59 Å². The van der Waals surface area contributed by atoms with E-state index >= 15 is 0 Å². The van der Waals surface area contributed by atoms with Crippen LogP contribution in [0.1, 0.15) is 51.5 Å². The third kappa shape index (κ3) is 2.80. The highest BCUT2D eigenvalue weighted by molar-refractivity contribution is 5.79. The Morgan fingerprint density at radius 2 is 2.05 bits per heavy atom. The summed E-state index contributed by atoms with van der Waals surface area (Å²) in [6.45, 7) is 1.88. The molecule has 0 spiro atoms. The molecule has 0 amide bonds. The van der Waals surface area contributed by atoms with Gasteiger partial charge in [-0.05, 0) is 44.2 Å². The maximum atomic E-state index is 12.5. The first-order chi connectivity index (χ1) is 10.7. The fourth-order valence-electron chi connectivity index (χ4n) is 3.16. The van der Waals surface area contributed by atoms with Crippen molar-refractivity contribution in [1.82, 2.24) is 4.57 Å². The average molecular weight is 303 g/mol. The van der Waals surface area contributed by atoms with E-state index in [0.29, 0.717) is 17.5 Å². The fourth-order valence-corrected chi connectivity index (χ4v) is 3.16. The third-order valence-electron chi connectivity index (χ3n) is 4.32. The number of hydrogen-bond donors (Lipinski definition) is 0. The summed E-state index contributed by atoms with van der Waals surface area (Å²) in [5.74, 6) is -0.836. The Hall–Kier alpha value is -2.04. The van der Waals surface area contributed by atoms with E-state index in [2.05, 4.69) is 0 Å². The molecule has 5 heteroatoms. The van der Waals surface area contributed by atoms with Gasteiger partial charge in [0.1, 0.15) is 12.1 Å². The highest BCUT2D eigenvalue weighted by Crippen LogP contribution is 2.24. The van der Waals surface area contributed by atoms with Crippen LogP contribution in [-0.2, 0) is 9.53 Å².